The van der Waals surface area contributed by atoms with Crippen molar-refractivity contribution in [3.05, 3.63) is 34.3 Å². The Morgan fingerprint density at radius 2 is 1.58 bits per heavy atom. The van der Waals surface area contributed by atoms with Crippen molar-refractivity contribution in [3.63, 3.8) is 0 Å². The molecule has 0 heterocycles. The van der Waals surface area contributed by atoms with Gasteiger partial charge in [-0.25, -0.2) is 0 Å². The third kappa shape index (κ3) is 7.04. The lowest BCUT2D eigenvalue weighted by atomic mass is 10.1. The molecule has 1 aromatic carbocycles. The minimum absolute atomic E-state index is 0.0797. The molecule has 5 heteroatoms. The molecule has 0 radical (unpaired) electrons. The van der Waals surface area contributed by atoms with Gasteiger partial charge < -0.3 is 9.80 Å². The molecular formula is C19H29BrN2O2. The molecule has 0 unspecified atom stereocenters. The van der Waals surface area contributed by atoms with Crippen molar-refractivity contribution in [1.82, 2.24) is 9.80 Å². The maximum absolute atomic E-state index is 12.2. The second kappa shape index (κ2) is 11.2. The molecule has 1 aromatic rings. The van der Waals surface area contributed by atoms with Gasteiger partial charge in [-0.15, -0.1) is 0 Å². The van der Waals surface area contributed by atoms with Crippen LogP contribution in [-0.4, -0.2) is 41.8 Å². The fourth-order valence-corrected chi connectivity index (χ4v) is 3.02. The van der Waals surface area contributed by atoms with E-state index in [0.717, 1.165) is 36.0 Å². The zero-order chi connectivity index (χ0) is 17.9. The summed E-state index contributed by atoms with van der Waals surface area (Å²) in [5.74, 6) is 0.246. The molecule has 4 nitrogen and oxygen atoms in total. The maximum atomic E-state index is 12.2. The van der Waals surface area contributed by atoms with Crippen LogP contribution in [0.1, 0.15) is 51.5 Å². The van der Waals surface area contributed by atoms with E-state index < -0.39 is 0 Å². The Morgan fingerprint density at radius 1 is 1.00 bits per heavy atom. The molecule has 2 amide bonds. The number of nitrogens with zero attached hydrogens (tertiary/aromatic N) is 2. The fraction of sp³-hybridized carbons (Fsp3) is 0.579. The first-order chi connectivity index (χ1) is 11.5. The largest absolute Gasteiger partial charge is 0.343 e. The summed E-state index contributed by atoms with van der Waals surface area (Å²) < 4.78 is 1.01. The average Bonchev–Trinajstić information content (AvgIpc) is 2.56. The van der Waals surface area contributed by atoms with Gasteiger partial charge in [-0.3, -0.25) is 9.59 Å². The Balaban J connectivity index is 2.39. The van der Waals surface area contributed by atoms with E-state index in [9.17, 15) is 9.59 Å². The summed E-state index contributed by atoms with van der Waals surface area (Å²) in [5.41, 5.74) is 1.08. The van der Waals surface area contributed by atoms with Crippen molar-refractivity contribution < 1.29 is 9.59 Å². The number of halogens is 1. The van der Waals surface area contributed by atoms with Gasteiger partial charge in [-0.1, -0.05) is 48.0 Å². The molecule has 24 heavy (non-hydrogen) atoms. The standard InChI is InChI=1S/C19H29BrN2O2/c1-4-13-22(14-5-2)19(24)12-8-11-18(23)21(3)15-16-9-6-7-10-17(16)20/h6-7,9-10H,4-5,8,11-15H2,1-3H3. The van der Waals surface area contributed by atoms with Crippen molar-refractivity contribution in [2.45, 2.75) is 52.5 Å². The van der Waals surface area contributed by atoms with Gasteiger partial charge in [0.1, 0.15) is 0 Å². The third-order valence-electron chi connectivity index (χ3n) is 3.91. The lowest BCUT2D eigenvalue weighted by Crippen LogP contribution is -2.32. The van der Waals surface area contributed by atoms with Gasteiger partial charge in [-0.05, 0) is 30.9 Å². The van der Waals surface area contributed by atoms with Crippen LogP contribution in [0.3, 0.4) is 0 Å². The predicted octanol–water partition coefficient (Wildman–Crippen LogP) is 4.23. The predicted molar refractivity (Wildman–Crippen MR) is 102 cm³/mol. The number of hydrogen-bond acceptors (Lipinski definition) is 2. The number of hydrogen-bond donors (Lipinski definition) is 0. The molecule has 1 rings (SSSR count). The van der Waals surface area contributed by atoms with E-state index in [1.54, 1.807) is 4.90 Å². The molecule has 0 aromatic heterocycles. The molecule has 0 N–H and O–H groups in total. The van der Waals surface area contributed by atoms with Crippen molar-refractivity contribution in [1.29, 1.82) is 0 Å². The molecule has 0 atom stereocenters. The SMILES string of the molecule is CCCN(CCC)C(=O)CCCC(=O)N(C)Cc1ccccc1Br. The Morgan fingerprint density at radius 3 is 2.17 bits per heavy atom. The first kappa shape index (κ1) is 20.7. The molecule has 134 valence electrons. The van der Waals surface area contributed by atoms with Gasteiger partial charge in [0.05, 0.1) is 0 Å². The lowest BCUT2D eigenvalue weighted by Gasteiger charge is -2.22. The van der Waals surface area contributed by atoms with Crippen LogP contribution in [-0.2, 0) is 16.1 Å². The summed E-state index contributed by atoms with van der Waals surface area (Å²) in [5, 5.41) is 0. The summed E-state index contributed by atoms with van der Waals surface area (Å²) in [4.78, 5) is 28.1. The van der Waals surface area contributed by atoms with Crippen LogP contribution < -0.4 is 0 Å². The zero-order valence-electron chi connectivity index (χ0n) is 15.1. The van der Waals surface area contributed by atoms with E-state index in [0.29, 0.717) is 25.8 Å². The normalized spacial score (nSPS) is 10.5. The highest BCUT2D eigenvalue weighted by atomic mass is 79.9. The molecule has 0 aliphatic heterocycles. The quantitative estimate of drug-likeness (QED) is 0.593. The monoisotopic (exact) mass is 396 g/mol. The van der Waals surface area contributed by atoms with E-state index in [1.807, 2.05) is 36.2 Å². The van der Waals surface area contributed by atoms with E-state index in [-0.39, 0.29) is 11.8 Å². The average molecular weight is 397 g/mol. The van der Waals surface area contributed by atoms with Crippen LogP contribution in [0.15, 0.2) is 28.7 Å². The molecule has 0 saturated heterocycles. The number of carbonyl (C=O) groups is 2. The molecule has 0 spiro atoms. The molecule has 0 bridgehead atoms. The maximum Gasteiger partial charge on any atom is 0.222 e. The van der Waals surface area contributed by atoms with Crippen molar-refractivity contribution in [3.8, 4) is 0 Å². The van der Waals surface area contributed by atoms with Gasteiger partial charge in [0.25, 0.3) is 0 Å². The Bertz CT molecular complexity index is 528. The summed E-state index contributed by atoms with van der Waals surface area (Å²) in [7, 11) is 1.81. The van der Waals surface area contributed by atoms with Gasteiger partial charge in [0.2, 0.25) is 11.8 Å². The lowest BCUT2D eigenvalue weighted by molar-refractivity contribution is -0.132. The van der Waals surface area contributed by atoms with E-state index >= 15 is 0 Å². The molecule has 0 fully saturated rings. The van der Waals surface area contributed by atoms with Crippen LogP contribution >= 0.6 is 15.9 Å². The van der Waals surface area contributed by atoms with Crippen LogP contribution in [0.25, 0.3) is 0 Å². The first-order valence-corrected chi connectivity index (χ1v) is 9.54. The Kier molecular flexibility index (Phi) is 9.69. The topological polar surface area (TPSA) is 40.6 Å². The van der Waals surface area contributed by atoms with Gasteiger partial charge in [0.15, 0.2) is 0 Å². The second-order valence-corrected chi connectivity index (χ2v) is 6.93. The summed E-state index contributed by atoms with van der Waals surface area (Å²) >= 11 is 3.50. The Labute approximate surface area is 154 Å². The summed E-state index contributed by atoms with van der Waals surface area (Å²) in [6.45, 7) is 6.35. The van der Waals surface area contributed by atoms with Crippen molar-refractivity contribution in [2.75, 3.05) is 20.1 Å². The smallest absolute Gasteiger partial charge is 0.222 e. The Hall–Kier alpha value is -1.36. The summed E-state index contributed by atoms with van der Waals surface area (Å²) in [6, 6.07) is 7.90. The molecule has 0 aliphatic carbocycles. The van der Waals surface area contributed by atoms with Crippen molar-refractivity contribution >= 4 is 27.7 Å². The first-order valence-electron chi connectivity index (χ1n) is 8.74. The molecule has 0 saturated carbocycles. The molecular weight excluding hydrogens is 368 g/mol. The second-order valence-electron chi connectivity index (χ2n) is 6.08. The highest BCUT2D eigenvalue weighted by molar-refractivity contribution is 9.10. The fourth-order valence-electron chi connectivity index (χ4n) is 2.61. The number of benzene rings is 1. The minimum Gasteiger partial charge on any atom is -0.343 e. The van der Waals surface area contributed by atoms with Crippen LogP contribution in [0, 0.1) is 0 Å². The van der Waals surface area contributed by atoms with Crippen LogP contribution in [0.4, 0.5) is 0 Å². The van der Waals surface area contributed by atoms with E-state index in [1.165, 1.54) is 0 Å². The van der Waals surface area contributed by atoms with Crippen molar-refractivity contribution in [2.24, 2.45) is 0 Å². The van der Waals surface area contributed by atoms with Crippen LogP contribution in [0.5, 0.6) is 0 Å². The van der Waals surface area contributed by atoms with E-state index in [2.05, 4.69) is 29.8 Å². The zero-order valence-corrected chi connectivity index (χ0v) is 16.6. The highest BCUT2D eigenvalue weighted by Crippen LogP contribution is 2.17. The van der Waals surface area contributed by atoms with Gasteiger partial charge >= 0.3 is 0 Å². The minimum atomic E-state index is 0.0797. The highest BCUT2D eigenvalue weighted by Gasteiger charge is 2.14. The third-order valence-corrected chi connectivity index (χ3v) is 4.69. The number of rotatable bonds is 10. The number of amides is 2. The van der Waals surface area contributed by atoms with Gasteiger partial charge in [0, 0.05) is 44.0 Å². The van der Waals surface area contributed by atoms with E-state index in [4.69, 9.17) is 0 Å². The molecule has 0 aliphatic rings. The van der Waals surface area contributed by atoms with Crippen LogP contribution in [0.2, 0.25) is 0 Å². The van der Waals surface area contributed by atoms with Gasteiger partial charge in [-0.2, -0.15) is 0 Å². The number of carbonyl (C=O) groups excluding carboxylic acids is 2. The summed E-state index contributed by atoms with van der Waals surface area (Å²) in [6.07, 6.45) is 3.42.